The second kappa shape index (κ2) is 4.38. The molecule has 2 heterocycles. The number of ether oxygens (including phenoxy) is 2. The van der Waals surface area contributed by atoms with E-state index in [1.807, 2.05) is 25.4 Å². The Hall–Kier alpha value is -1.78. The first-order chi connectivity index (χ1) is 7.74. The number of nitrogens with zero attached hydrogens (tertiary/aromatic N) is 3. The van der Waals surface area contributed by atoms with Crippen LogP contribution in [0.1, 0.15) is 11.7 Å². The molecule has 0 saturated carbocycles. The molecular weight excluding hydrogens is 206 g/mol. The van der Waals surface area contributed by atoms with Gasteiger partial charge >= 0.3 is 6.01 Å². The lowest BCUT2D eigenvalue weighted by Gasteiger charge is -2.20. The minimum absolute atomic E-state index is 0.116. The molecule has 0 spiro atoms. The van der Waals surface area contributed by atoms with Gasteiger partial charge in [-0.1, -0.05) is 6.08 Å². The van der Waals surface area contributed by atoms with E-state index in [9.17, 15) is 0 Å². The van der Waals surface area contributed by atoms with E-state index < -0.39 is 0 Å². The fourth-order valence-corrected chi connectivity index (χ4v) is 1.59. The van der Waals surface area contributed by atoms with Gasteiger partial charge in [-0.2, -0.15) is 9.97 Å². The van der Waals surface area contributed by atoms with Crippen LogP contribution in [0.25, 0.3) is 0 Å². The summed E-state index contributed by atoms with van der Waals surface area (Å²) in [7, 11) is 5.11. The highest BCUT2D eigenvalue weighted by molar-refractivity contribution is 5.27. The first-order valence-corrected chi connectivity index (χ1v) is 4.95. The van der Waals surface area contributed by atoms with Crippen molar-refractivity contribution >= 4 is 0 Å². The Labute approximate surface area is 94.7 Å². The van der Waals surface area contributed by atoms with Crippen molar-refractivity contribution in [2.45, 2.75) is 6.04 Å². The van der Waals surface area contributed by atoms with Gasteiger partial charge in [0.15, 0.2) is 0 Å². The van der Waals surface area contributed by atoms with Crippen LogP contribution >= 0.6 is 0 Å². The van der Waals surface area contributed by atoms with E-state index in [1.165, 1.54) is 0 Å². The van der Waals surface area contributed by atoms with Crippen LogP contribution in [0, 0.1) is 6.42 Å². The molecule has 0 saturated heterocycles. The minimum Gasteiger partial charge on any atom is -0.481 e. The summed E-state index contributed by atoms with van der Waals surface area (Å²) >= 11 is 0. The molecule has 5 heteroatoms. The maximum Gasteiger partial charge on any atom is 0.319 e. The maximum absolute atomic E-state index is 5.11. The Balaban J connectivity index is 2.32. The summed E-state index contributed by atoms with van der Waals surface area (Å²) < 4.78 is 10.1. The predicted molar refractivity (Wildman–Crippen MR) is 59.1 cm³/mol. The Kier molecular flexibility index (Phi) is 2.94. The van der Waals surface area contributed by atoms with E-state index in [4.69, 9.17) is 9.47 Å². The van der Waals surface area contributed by atoms with Crippen molar-refractivity contribution in [3.8, 4) is 11.9 Å². The highest BCUT2D eigenvalue weighted by Gasteiger charge is 2.21. The zero-order valence-corrected chi connectivity index (χ0v) is 9.54. The van der Waals surface area contributed by atoms with Gasteiger partial charge in [0.05, 0.1) is 26.0 Å². The minimum atomic E-state index is 0.116. The molecule has 0 aliphatic carbocycles. The highest BCUT2D eigenvalue weighted by Crippen LogP contribution is 2.28. The van der Waals surface area contributed by atoms with Crippen LogP contribution in [0.4, 0.5) is 0 Å². The van der Waals surface area contributed by atoms with Crippen LogP contribution in [0.15, 0.2) is 18.3 Å². The summed E-state index contributed by atoms with van der Waals surface area (Å²) in [5.41, 5.74) is 0.858. The lowest BCUT2D eigenvalue weighted by Crippen LogP contribution is -2.16. The molecule has 5 nitrogen and oxygen atoms in total. The SMILES string of the molecule is COc1cc(C2[CH]C=CN2C)nc(OC)n1. The molecule has 0 fully saturated rings. The van der Waals surface area contributed by atoms with E-state index in [1.54, 1.807) is 14.2 Å². The fourth-order valence-electron chi connectivity index (χ4n) is 1.59. The Bertz CT molecular complexity index is 384. The molecule has 85 valence electrons. The van der Waals surface area contributed by atoms with Gasteiger partial charge in [0.2, 0.25) is 5.88 Å². The third-order valence-electron chi connectivity index (χ3n) is 2.45. The van der Waals surface area contributed by atoms with Crippen molar-refractivity contribution in [1.29, 1.82) is 0 Å². The normalized spacial score (nSPS) is 18.9. The lowest BCUT2D eigenvalue weighted by molar-refractivity contribution is 0.338. The van der Waals surface area contributed by atoms with Gasteiger partial charge in [-0.3, -0.25) is 0 Å². The van der Waals surface area contributed by atoms with Crippen molar-refractivity contribution in [3.63, 3.8) is 0 Å². The Morgan fingerprint density at radius 2 is 2.06 bits per heavy atom. The molecule has 0 bridgehead atoms. The smallest absolute Gasteiger partial charge is 0.319 e. The highest BCUT2D eigenvalue weighted by atomic mass is 16.5. The number of hydrogen-bond donors (Lipinski definition) is 0. The van der Waals surface area contributed by atoms with Crippen molar-refractivity contribution in [2.24, 2.45) is 0 Å². The molecule has 1 aromatic heterocycles. The molecule has 0 aromatic carbocycles. The predicted octanol–water partition coefficient (Wildman–Crippen LogP) is 1.20. The topological polar surface area (TPSA) is 47.5 Å². The molecule has 1 aliphatic rings. The molecule has 1 aromatic rings. The molecule has 1 aliphatic heterocycles. The molecule has 1 atom stereocenters. The van der Waals surface area contributed by atoms with Crippen LogP contribution in [-0.2, 0) is 0 Å². The van der Waals surface area contributed by atoms with E-state index in [0.29, 0.717) is 11.9 Å². The Morgan fingerprint density at radius 3 is 2.62 bits per heavy atom. The third kappa shape index (κ3) is 1.93. The van der Waals surface area contributed by atoms with Crippen LogP contribution < -0.4 is 9.47 Å². The van der Waals surface area contributed by atoms with Gasteiger partial charge in [0.25, 0.3) is 0 Å². The number of methoxy groups -OCH3 is 2. The second-order valence-electron chi connectivity index (χ2n) is 3.47. The number of rotatable bonds is 3. The van der Waals surface area contributed by atoms with Gasteiger partial charge < -0.3 is 14.4 Å². The van der Waals surface area contributed by atoms with Crippen molar-refractivity contribution in [3.05, 3.63) is 30.5 Å². The van der Waals surface area contributed by atoms with Gasteiger partial charge in [-0.15, -0.1) is 0 Å². The number of aromatic nitrogens is 2. The summed E-state index contributed by atoms with van der Waals surface area (Å²) in [5, 5.41) is 0. The molecule has 16 heavy (non-hydrogen) atoms. The summed E-state index contributed by atoms with van der Waals surface area (Å²) in [4.78, 5) is 10.4. The van der Waals surface area contributed by atoms with Crippen LogP contribution in [0.5, 0.6) is 11.9 Å². The van der Waals surface area contributed by atoms with Crippen LogP contribution in [0.2, 0.25) is 0 Å². The van der Waals surface area contributed by atoms with E-state index >= 15 is 0 Å². The quantitative estimate of drug-likeness (QED) is 0.766. The molecule has 0 amide bonds. The maximum atomic E-state index is 5.11. The molecule has 1 radical (unpaired) electrons. The monoisotopic (exact) mass is 220 g/mol. The summed E-state index contributed by atoms with van der Waals surface area (Å²) in [6.07, 6.45) is 6.04. The lowest BCUT2D eigenvalue weighted by atomic mass is 10.1. The molecule has 2 rings (SSSR count). The standard InChI is InChI=1S/C11H14N3O2/c1-14-6-4-5-9(14)8-7-10(15-2)13-11(12-8)16-3/h4-7,9H,1-3H3. The van der Waals surface area contributed by atoms with Crippen LogP contribution in [0.3, 0.4) is 0 Å². The average molecular weight is 220 g/mol. The number of hydrogen-bond acceptors (Lipinski definition) is 5. The van der Waals surface area contributed by atoms with E-state index in [2.05, 4.69) is 21.3 Å². The fraction of sp³-hybridized carbons (Fsp3) is 0.364. The van der Waals surface area contributed by atoms with Crippen molar-refractivity contribution in [2.75, 3.05) is 21.3 Å². The van der Waals surface area contributed by atoms with Crippen molar-refractivity contribution in [1.82, 2.24) is 14.9 Å². The third-order valence-corrected chi connectivity index (χ3v) is 2.45. The van der Waals surface area contributed by atoms with E-state index in [0.717, 1.165) is 5.69 Å². The van der Waals surface area contributed by atoms with Crippen LogP contribution in [-0.4, -0.2) is 36.1 Å². The first kappa shape index (κ1) is 10.7. The second-order valence-corrected chi connectivity index (χ2v) is 3.47. The Morgan fingerprint density at radius 1 is 1.25 bits per heavy atom. The molecule has 0 N–H and O–H groups in total. The van der Waals surface area contributed by atoms with Gasteiger partial charge in [0, 0.05) is 19.5 Å². The first-order valence-electron chi connectivity index (χ1n) is 4.95. The largest absolute Gasteiger partial charge is 0.481 e. The van der Waals surface area contributed by atoms with Gasteiger partial charge in [0.1, 0.15) is 0 Å². The average Bonchev–Trinajstić information content (AvgIpc) is 2.74. The summed E-state index contributed by atoms with van der Waals surface area (Å²) in [5.74, 6) is 0.510. The van der Waals surface area contributed by atoms with E-state index in [-0.39, 0.29) is 6.04 Å². The van der Waals surface area contributed by atoms with Gasteiger partial charge in [-0.05, 0) is 6.20 Å². The van der Waals surface area contributed by atoms with Crippen molar-refractivity contribution < 1.29 is 9.47 Å². The summed E-state index contributed by atoms with van der Waals surface area (Å²) in [6, 6.07) is 2.25. The zero-order chi connectivity index (χ0) is 11.5. The molecular formula is C11H14N3O2. The summed E-state index contributed by atoms with van der Waals surface area (Å²) in [6.45, 7) is 0. The zero-order valence-electron chi connectivity index (χ0n) is 9.54. The molecule has 1 unspecified atom stereocenters. The van der Waals surface area contributed by atoms with Gasteiger partial charge in [-0.25, -0.2) is 0 Å².